The Kier molecular flexibility index (Phi) is 3.50. The molecule has 0 amide bonds. The topological polar surface area (TPSA) is 41.9 Å². The second-order valence-electron chi connectivity index (χ2n) is 4.34. The summed E-state index contributed by atoms with van der Waals surface area (Å²) in [6.45, 7) is 5.36. The molecular weight excluding hydrogens is 247 g/mol. The lowest BCUT2D eigenvalue weighted by Crippen LogP contribution is -2.34. The van der Waals surface area contributed by atoms with Gasteiger partial charge in [0.15, 0.2) is 11.0 Å². The lowest BCUT2D eigenvalue weighted by molar-refractivity contribution is 0.489. The highest BCUT2D eigenvalue weighted by atomic mass is 35.5. The Morgan fingerprint density at radius 1 is 1.31 bits per heavy atom. The molecule has 0 aliphatic carbocycles. The quantitative estimate of drug-likeness (QED) is 0.820. The summed E-state index contributed by atoms with van der Waals surface area (Å²) in [6, 6.07) is 0.463. The molecule has 1 unspecified atom stereocenters. The fourth-order valence-electron chi connectivity index (χ4n) is 2.22. The number of rotatable bonds is 2. The van der Waals surface area contributed by atoms with Gasteiger partial charge in [-0.05, 0) is 30.4 Å². The Hall–Kier alpha value is -0.610. The van der Waals surface area contributed by atoms with E-state index < -0.39 is 0 Å². The SMILES string of the molecule is CC(C)C1CCCN1c1nc(Cl)nnc1Cl. The zero-order chi connectivity index (χ0) is 11.7. The molecule has 1 aromatic heterocycles. The molecule has 0 saturated carbocycles. The van der Waals surface area contributed by atoms with Gasteiger partial charge in [-0.1, -0.05) is 25.4 Å². The third-order valence-corrected chi connectivity index (χ3v) is 3.35. The van der Waals surface area contributed by atoms with Gasteiger partial charge < -0.3 is 4.90 Å². The van der Waals surface area contributed by atoms with Crippen LogP contribution in [0.1, 0.15) is 26.7 Å². The number of aromatic nitrogens is 3. The van der Waals surface area contributed by atoms with Crippen LogP contribution in [0.25, 0.3) is 0 Å². The van der Waals surface area contributed by atoms with Gasteiger partial charge in [-0.25, -0.2) is 0 Å². The normalized spacial score (nSPS) is 20.8. The predicted octanol–water partition coefficient (Wildman–Crippen LogP) is 2.80. The van der Waals surface area contributed by atoms with Crippen molar-refractivity contribution < 1.29 is 0 Å². The molecule has 1 aromatic rings. The number of nitrogens with zero attached hydrogens (tertiary/aromatic N) is 4. The van der Waals surface area contributed by atoms with Gasteiger partial charge in [0.05, 0.1) is 0 Å². The first-order chi connectivity index (χ1) is 7.59. The molecule has 1 saturated heterocycles. The van der Waals surface area contributed by atoms with Gasteiger partial charge in [-0.3, -0.25) is 0 Å². The lowest BCUT2D eigenvalue weighted by Gasteiger charge is -2.28. The third kappa shape index (κ3) is 2.23. The van der Waals surface area contributed by atoms with Crippen LogP contribution in [0.2, 0.25) is 10.4 Å². The number of hydrogen-bond acceptors (Lipinski definition) is 4. The Balaban J connectivity index is 2.32. The van der Waals surface area contributed by atoms with Gasteiger partial charge >= 0.3 is 0 Å². The highest BCUT2D eigenvalue weighted by molar-refractivity contribution is 6.32. The summed E-state index contributed by atoms with van der Waals surface area (Å²) in [4.78, 5) is 6.36. The average molecular weight is 261 g/mol. The van der Waals surface area contributed by atoms with Crippen molar-refractivity contribution in [2.24, 2.45) is 5.92 Å². The molecule has 2 heterocycles. The van der Waals surface area contributed by atoms with Gasteiger partial charge in [-0.2, -0.15) is 4.98 Å². The molecule has 4 nitrogen and oxygen atoms in total. The van der Waals surface area contributed by atoms with Crippen molar-refractivity contribution in [1.82, 2.24) is 15.2 Å². The molecular formula is C10H14Cl2N4. The van der Waals surface area contributed by atoms with Crippen molar-refractivity contribution in [3.63, 3.8) is 0 Å². The maximum absolute atomic E-state index is 6.01. The van der Waals surface area contributed by atoms with Crippen LogP contribution in [0, 0.1) is 5.92 Å². The van der Waals surface area contributed by atoms with E-state index >= 15 is 0 Å². The summed E-state index contributed by atoms with van der Waals surface area (Å²) >= 11 is 11.8. The van der Waals surface area contributed by atoms with Crippen molar-refractivity contribution >= 4 is 29.0 Å². The minimum absolute atomic E-state index is 0.147. The highest BCUT2D eigenvalue weighted by Gasteiger charge is 2.30. The zero-order valence-corrected chi connectivity index (χ0v) is 10.8. The second-order valence-corrected chi connectivity index (χ2v) is 5.04. The van der Waals surface area contributed by atoms with Crippen molar-refractivity contribution in [3.05, 3.63) is 10.4 Å². The third-order valence-electron chi connectivity index (χ3n) is 2.94. The minimum atomic E-state index is 0.147. The van der Waals surface area contributed by atoms with E-state index in [2.05, 4.69) is 33.9 Å². The van der Waals surface area contributed by atoms with E-state index in [1.807, 2.05) is 0 Å². The van der Waals surface area contributed by atoms with Gasteiger partial charge in [0.25, 0.3) is 0 Å². The molecule has 1 fully saturated rings. The summed E-state index contributed by atoms with van der Waals surface area (Å²) in [5.41, 5.74) is 0. The van der Waals surface area contributed by atoms with Crippen LogP contribution >= 0.6 is 23.2 Å². The molecule has 1 aliphatic rings. The number of halogens is 2. The minimum Gasteiger partial charge on any atom is -0.351 e. The monoisotopic (exact) mass is 260 g/mol. The average Bonchev–Trinajstić information content (AvgIpc) is 2.70. The largest absolute Gasteiger partial charge is 0.351 e. The summed E-state index contributed by atoms with van der Waals surface area (Å²) in [6.07, 6.45) is 2.32. The second kappa shape index (κ2) is 4.72. The van der Waals surface area contributed by atoms with E-state index in [0.29, 0.717) is 22.9 Å². The van der Waals surface area contributed by atoms with E-state index in [1.54, 1.807) is 0 Å². The van der Waals surface area contributed by atoms with Crippen LogP contribution in [0.4, 0.5) is 5.82 Å². The first-order valence-electron chi connectivity index (χ1n) is 5.42. The van der Waals surface area contributed by atoms with Crippen molar-refractivity contribution in [2.45, 2.75) is 32.7 Å². The van der Waals surface area contributed by atoms with E-state index in [9.17, 15) is 0 Å². The van der Waals surface area contributed by atoms with Crippen molar-refractivity contribution in [2.75, 3.05) is 11.4 Å². The highest BCUT2D eigenvalue weighted by Crippen LogP contribution is 2.32. The first kappa shape index (κ1) is 11.9. The predicted molar refractivity (Wildman–Crippen MR) is 65.1 cm³/mol. The van der Waals surface area contributed by atoms with Gasteiger partial charge in [0.1, 0.15) is 0 Å². The maximum Gasteiger partial charge on any atom is 0.245 e. The number of hydrogen-bond donors (Lipinski definition) is 0. The summed E-state index contributed by atoms with van der Waals surface area (Å²) in [7, 11) is 0. The Labute approximate surface area is 105 Å². The molecule has 0 N–H and O–H groups in total. The summed E-state index contributed by atoms with van der Waals surface area (Å²) < 4.78 is 0. The molecule has 0 radical (unpaired) electrons. The molecule has 0 bridgehead atoms. The Morgan fingerprint density at radius 2 is 2.06 bits per heavy atom. The van der Waals surface area contributed by atoms with Gasteiger partial charge in [0.2, 0.25) is 5.28 Å². The molecule has 6 heteroatoms. The van der Waals surface area contributed by atoms with Gasteiger partial charge in [-0.15, -0.1) is 10.2 Å². The van der Waals surface area contributed by atoms with Crippen LogP contribution < -0.4 is 4.90 Å². The standard InChI is InChI=1S/C10H14Cl2N4/c1-6(2)7-4-3-5-16(7)9-8(11)14-15-10(12)13-9/h6-7H,3-5H2,1-2H3. The van der Waals surface area contributed by atoms with Crippen molar-refractivity contribution in [3.8, 4) is 0 Å². The van der Waals surface area contributed by atoms with E-state index in [0.717, 1.165) is 19.4 Å². The lowest BCUT2D eigenvalue weighted by atomic mass is 10.0. The Bertz CT molecular complexity index is 383. The van der Waals surface area contributed by atoms with Crippen LogP contribution in [0.3, 0.4) is 0 Å². The molecule has 0 spiro atoms. The molecule has 2 rings (SSSR count). The fourth-order valence-corrected chi connectivity index (χ4v) is 2.52. The molecule has 16 heavy (non-hydrogen) atoms. The smallest absolute Gasteiger partial charge is 0.245 e. The first-order valence-corrected chi connectivity index (χ1v) is 6.17. The van der Waals surface area contributed by atoms with Crippen LogP contribution in [-0.2, 0) is 0 Å². The molecule has 88 valence electrons. The summed E-state index contributed by atoms with van der Waals surface area (Å²) in [5, 5.41) is 7.90. The number of anilines is 1. The van der Waals surface area contributed by atoms with Crippen LogP contribution in [0.15, 0.2) is 0 Å². The van der Waals surface area contributed by atoms with E-state index in [4.69, 9.17) is 23.2 Å². The van der Waals surface area contributed by atoms with Crippen LogP contribution in [-0.4, -0.2) is 27.8 Å². The Morgan fingerprint density at radius 3 is 2.75 bits per heavy atom. The van der Waals surface area contributed by atoms with E-state index in [1.165, 1.54) is 0 Å². The zero-order valence-electron chi connectivity index (χ0n) is 9.32. The van der Waals surface area contributed by atoms with Crippen LogP contribution in [0.5, 0.6) is 0 Å². The van der Waals surface area contributed by atoms with E-state index in [-0.39, 0.29) is 5.28 Å². The van der Waals surface area contributed by atoms with Gasteiger partial charge in [0, 0.05) is 12.6 Å². The molecule has 1 aliphatic heterocycles. The maximum atomic E-state index is 6.01. The van der Waals surface area contributed by atoms with Crippen molar-refractivity contribution in [1.29, 1.82) is 0 Å². The summed E-state index contributed by atoms with van der Waals surface area (Å²) in [5.74, 6) is 1.23. The fraction of sp³-hybridized carbons (Fsp3) is 0.700. The molecule has 0 aromatic carbocycles. The molecule has 1 atom stereocenters.